The van der Waals surface area contributed by atoms with Crippen molar-refractivity contribution in [2.45, 2.75) is 52.1 Å². The van der Waals surface area contributed by atoms with Crippen LogP contribution >= 0.6 is 12.2 Å². The van der Waals surface area contributed by atoms with Gasteiger partial charge in [0.25, 0.3) is 8.32 Å². The van der Waals surface area contributed by atoms with Crippen molar-refractivity contribution >= 4 is 47.4 Å². The molecule has 0 aliphatic heterocycles. The van der Waals surface area contributed by atoms with Gasteiger partial charge < -0.3 is 15.1 Å². The normalized spacial score (nSPS) is 17.3. The maximum Gasteiger partial charge on any atom is 0.261 e. The van der Waals surface area contributed by atoms with Crippen LogP contribution in [-0.4, -0.2) is 30.7 Å². The summed E-state index contributed by atoms with van der Waals surface area (Å²) in [5.74, 6) is 0.0236. The lowest BCUT2D eigenvalue weighted by molar-refractivity contribution is -0.118. The van der Waals surface area contributed by atoms with Crippen molar-refractivity contribution in [3.63, 3.8) is 0 Å². The SMILES string of the molecule is CC1(CO[Si](c2ccccc2)(c2ccccc2)C(C)(C)C)CC(=O)C(C(=S)Nc2ccccc2)=C(NCc2ccncc2)C1. The molecule has 5 rings (SSSR count). The molecule has 2 N–H and O–H groups in total. The van der Waals surface area contributed by atoms with Gasteiger partial charge in [0.2, 0.25) is 0 Å². The van der Waals surface area contributed by atoms with E-state index in [0.717, 1.165) is 16.9 Å². The number of hydrogen-bond acceptors (Lipinski definition) is 5. The first-order valence-corrected chi connectivity index (χ1v) is 17.4. The molecule has 1 aliphatic rings. The van der Waals surface area contributed by atoms with E-state index in [9.17, 15) is 4.79 Å². The van der Waals surface area contributed by atoms with Crippen molar-refractivity contribution in [2.24, 2.45) is 5.41 Å². The van der Waals surface area contributed by atoms with Crippen LogP contribution in [-0.2, 0) is 15.8 Å². The highest BCUT2D eigenvalue weighted by Crippen LogP contribution is 2.42. The topological polar surface area (TPSA) is 63.2 Å². The Balaban J connectivity index is 1.49. The quantitative estimate of drug-likeness (QED) is 0.150. The van der Waals surface area contributed by atoms with E-state index in [0.29, 0.717) is 36.6 Å². The van der Waals surface area contributed by atoms with Gasteiger partial charge in [0.1, 0.15) is 4.99 Å². The molecule has 4 aromatic rings. The first-order chi connectivity index (χ1) is 21.1. The number of nitrogens with one attached hydrogen (secondary N) is 2. The molecule has 0 spiro atoms. The highest BCUT2D eigenvalue weighted by Gasteiger charge is 2.51. The first kappa shape index (κ1) is 31.5. The minimum Gasteiger partial charge on any atom is -0.407 e. The average Bonchev–Trinajstić information content (AvgIpc) is 3.01. The zero-order chi connectivity index (χ0) is 31.2. The van der Waals surface area contributed by atoms with E-state index in [2.05, 4.69) is 104 Å². The van der Waals surface area contributed by atoms with Crippen molar-refractivity contribution in [3.8, 4) is 0 Å². The van der Waals surface area contributed by atoms with Gasteiger partial charge in [-0.1, -0.05) is 119 Å². The number of aromatic nitrogens is 1. The van der Waals surface area contributed by atoms with E-state index in [4.69, 9.17) is 16.6 Å². The Morgan fingerprint density at radius 1 is 0.864 bits per heavy atom. The monoisotopic (exact) mass is 619 g/mol. The molecule has 44 heavy (non-hydrogen) atoms. The Hall–Kier alpha value is -3.91. The molecule has 1 atom stereocenters. The molecule has 7 heteroatoms. The highest BCUT2D eigenvalue weighted by molar-refractivity contribution is 7.81. The minimum absolute atomic E-state index is 0.0236. The number of nitrogens with zero attached hydrogens (tertiary/aromatic N) is 1. The fraction of sp³-hybridized carbons (Fsp3) is 0.270. The van der Waals surface area contributed by atoms with E-state index in [1.165, 1.54) is 10.4 Å². The summed E-state index contributed by atoms with van der Waals surface area (Å²) in [5, 5.41) is 9.18. The Morgan fingerprint density at radius 3 is 1.95 bits per heavy atom. The van der Waals surface area contributed by atoms with Gasteiger partial charge in [-0.3, -0.25) is 9.78 Å². The second kappa shape index (κ2) is 13.4. The number of rotatable bonds is 10. The lowest BCUT2D eigenvalue weighted by Crippen LogP contribution is -2.67. The summed E-state index contributed by atoms with van der Waals surface area (Å²) in [6.07, 6.45) is 4.54. The fourth-order valence-electron chi connectivity index (χ4n) is 6.21. The summed E-state index contributed by atoms with van der Waals surface area (Å²) >= 11 is 5.85. The number of Topliss-reactive ketones (excluding diaryl/α,β-unsaturated/α-hetero) is 1. The number of thiocarbonyl (C=S) groups is 1. The van der Waals surface area contributed by atoms with Crippen LogP contribution in [0.1, 0.15) is 46.1 Å². The number of ketones is 1. The molecular weight excluding hydrogens is 579 g/mol. The van der Waals surface area contributed by atoms with Gasteiger partial charge in [0.05, 0.1) is 5.57 Å². The Bertz CT molecular complexity index is 1570. The third kappa shape index (κ3) is 6.91. The van der Waals surface area contributed by atoms with Gasteiger partial charge in [0, 0.05) is 48.8 Å². The van der Waals surface area contributed by atoms with Gasteiger partial charge in [-0.25, -0.2) is 0 Å². The zero-order valence-corrected chi connectivity index (χ0v) is 27.8. The molecular formula is C37H41N3O2SSi. The Kier molecular flexibility index (Phi) is 9.58. The summed E-state index contributed by atoms with van der Waals surface area (Å²) in [6.45, 7) is 10.0. The molecule has 1 unspecified atom stereocenters. The van der Waals surface area contributed by atoms with Gasteiger partial charge in [-0.15, -0.1) is 0 Å². The minimum atomic E-state index is -2.78. The van der Waals surface area contributed by atoms with Crippen LogP contribution < -0.4 is 21.0 Å². The molecule has 226 valence electrons. The standard InChI is InChI=1S/C37H41N3O2SSi/c1-36(2,3)44(30-16-10-6-11-17-30,31-18-12-7-13-19-31)42-27-37(4)24-32(39-26-28-20-22-38-23-21-28)34(33(41)25-37)35(43)40-29-14-8-5-9-15-29/h5-23,39H,24-27H2,1-4H3,(H,40,43). The molecule has 5 nitrogen and oxygen atoms in total. The van der Waals surface area contributed by atoms with Gasteiger partial charge in [0.15, 0.2) is 5.78 Å². The van der Waals surface area contributed by atoms with Crippen LogP contribution in [0, 0.1) is 5.41 Å². The molecule has 3 aromatic carbocycles. The third-order valence-electron chi connectivity index (χ3n) is 8.34. The lowest BCUT2D eigenvalue weighted by atomic mass is 9.74. The average molecular weight is 620 g/mol. The summed E-state index contributed by atoms with van der Waals surface area (Å²) in [7, 11) is -2.78. The molecule has 0 saturated carbocycles. The van der Waals surface area contributed by atoms with Gasteiger partial charge >= 0.3 is 0 Å². The predicted molar refractivity (Wildman–Crippen MR) is 187 cm³/mol. The third-order valence-corrected chi connectivity index (χ3v) is 13.6. The fourth-order valence-corrected chi connectivity index (χ4v) is 11.3. The molecule has 0 radical (unpaired) electrons. The van der Waals surface area contributed by atoms with E-state index >= 15 is 0 Å². The predicted octanol–water partition coefficient (Wildman–Crippen LogP) is 6.81. The molecule has 0 saturated heterocycles. The number of carbonyl (C=O) groups excluding carboxylic acids is 1. The van der Waals surface area contributed by atoms with Crippen LogP contribution in [0.5, 0.6) is 0 Å². The van der Waals surface area contributed by atoms with Crippen molar-refractivity contribution in [1.29, 1.82) is 0 Å². The van der Waals surface area contributed by atoms with Crippen LogP contribution in [0.2, 0.25) is 5.04 Å². The number of carbonyl (C=O) groups is 1. The molecule has 0 bridgehead atoms. The van der Waals surface area contributed by atoms with Crippen LogP contribution in [0.4, 0.5) is 5.69 Å². The second-order valence-electron chi connectivity index (χ2n) is 12.9. The van der Waals surface area contributed by atoms with Crippen LogP contribution in [0.15, 0.2) is 127 Å². The Labute approximate surface area is 267 Å². The van der Waals surface area contributed by atoms with Gasteiger partial charge in [-0.2, -0.15) is 0 Å². The number of anilines is 1. The summed E-state index contributed by atoms with van der Waals surface area (Å²) in [6, 6.07) is 35.0. The largest absolute Gasteiger partial charge is 0.407 e. The number of pyridine rings is 1. The van der Waals surface area contributed by atoms with Crippen molar-refractivity contribution < 1.29 is 9.22 Å². The smallest absolute Gasteiger partial charge is 0.261 e. The van der Waals surface area contributed by atoms with E-state index < -0.39 is 13.7 Å². The number of para-hydroxylation sites is 1. The van der Waals surface area contributed by atoms with E-state index in [1.807, 2.05) is 42.5 Å². The van der Waals surface area contributed by atoms with Crippen molar-refractivity contribution in [1.82, 2.24) is 10.3 Å². The molecule has 0 amide bonds. The van der Waals surface area contributed by atoms with Crippen LogP contribution in [0.25, 0.3) is 0 Å². The number of benzene rings is 3. The molecule has 1 heterocycles. The number of allylic oxidation sites excluding steroid dienone is 1. The lowest BCUT2D eigenvalue weighted by Gasteiger charge is -2.46. The summed E-state index contributed by atoms with van der Waals surface area (Å²) in [5.41, 5.74) is 2.91. The maximum atomic E-state index is 14.0. The molecule has 1 aromatic heterocycles. The molecule has 0 fully saturated rings. The van der Waals surface area contributed by atoms with E-state index in [1.54, 1.807) is 12.4 Å². The highest BCUT2D eigenvalue weighted by atomic mass is 32.1. The van der Waals surface area contributed by atoms with E-state index in [-0.39, 0.29) is 10.8 Å². The van der Waals surface area contributed by atoms with Gasteiger partial charge in [-0.05, 0) is 51.7 Å². The molecule has 1 aliphatic carbocycles. The first-order valence-electron chi connectivity index (χ1n) is 15.1. The Morgan fingerprint density at radius 2 is 1.41 bits per heavy atom. The van der Waals surface area contributed by atoms with Crippen molar-refractivity contribution in [2.75, 3.05) is 11.9 Å². The second-order valence-corrected chi connectivity index (χ2v) is 17.6. The van der Waals surface area contributed by atoms with Crippen molar-refractivity contribution in [3.05, 3.63) is 132 Å². The summed E-state index contributed by atoms with van der Waals surface area (Å²) in [4.78, 5) is 18.6. The van der Waals surface area contributed by atoms with Crippen LogP contribution in [0.3, 0.4) is 0 Å². The number of hydrogen-bond donors (Lipinski definition) is 2. The summed E-state index contributed by atoms with van der Waals surface area (Å²) < 4.78 is 7.34. The zero-order valence-electron chi connectivity index (χ0n) is 26.0. The maximum absolute atomic E-state index is 14.0.